The molecule has 0 unspecified atom stereocenters. The molecule has 1 rings (SSSR count). The molecule has 14 heavy (non-hydrogen) atoms. The number of unbranched alkanes of at least 4 members (excludes halogenated alkanes) is 1. The van der Waals surface area contributed by atoms with Gasteiger partial charge in [-0.05, 0) is 12.3 Å². The van der Waals surface area contributed by atoms with Gasteiger partial charge < -0.3 is 11.3 Å². The minimum absolute atomic E-state index is 0. The molecule has 0 radical (unpaired) electrons. The molecule has 0 aromatic heterocycles. The van der Waals surface area contributed by atoms with Crippen LogP contribution in [0.4, 0.5) is 0 Å². The number of hydrogen-bond donors (Lipinski definition) is 2. The molecule has 1 saturated carbocycles. The topological polar surface area (TPSA) is 72.3 Å². The van der Waals surface area contributed by atoms with E-state index in [-0.39, 0.29) is 6.15 Å². The summed E-state index contributed by atoms with van der Waals surface area (Å²) in [7, 11) is 0. The number of carboxylic acid groups (broad SMARTS) is 1. The molecule has 1 fully saturated rings. The van der Waals surface area contributed by atoms with Gasteiger partial charge in [0, 0.05) is 6.42 Å². The minimum atomic E-state index is -0.649. The summed E-state index contributed by atoms with van der Waals surface area (Å²) in [5.41, 5.74) is 0. The van der Waals surface area contributed by atoms with Gasteiger partial charge in [-0.2, -0.15) is 0 Å². The van der Waals surface area contributed by atoms with Crippen LogP contribution in [0.5, 0.6) is 0 Å². The standard InChI is InChI=1S/C11H20O2.H3N/c12-11(13)9-5-4-8-10-6-2-1-3-7-10;/h10H,1-9H2,(H,12,13);1H3. The maximum absolute atomic E-state index is 10.3. The first-order valence-corrected chi connectivity index (χ1v) is 5.51. The van der Waals surface area contributed by atoms with E-state index in [1.54, 1.807) is 0 Å². The Kier molecular flexibility index (Phi) is 7.48. The zero-order valence-corrected chi connectivity index (χ0v) is 9.00. The first-order valence-electron chi connectivity index (χ1n) is 5.51. The Morgan fingerprint density at radius 2 is 1.79 bits per heavy atom. The lowest BCUT2D eigenvalue weighted by atomic mass is 9.86. The predicted octanol–water partition coefficient (Wildman–Crippen LogP) is 3.37. The minimum Gasteiger partial charge on any atom is -0.481 e. The van der Waals surface area contributed by atoms with Crippen LogP contribution in [0.15, 0.2) is 0 Å². The van der Waals surface area contributed by atoms with Crippen molar-refractivity contribution in [3.05, 3.63) is 0 Å². The zero-order chi connectivity index (χ0) is 9.52. The highest BCUT2D eigenvalue weighted by molar-refractivity contribution is 5.66. The predicted molar refractivity (Wildman–Crippen MR) is 57.7 cm³/mol. The summed E-state index contributed by atoms with van der Waals surface area (Å²) in [6.45, 7) is 0. The molecule has 0 aromatic rings. The van der Waals surface area contributed by atoms with Crippen LogP contribution in [-0.4, -0.2) is 11.1 Å². The fourth-order valence-corrected chi connectivity index (χ4v) is 2.19. The third-order valence-electron chi connectivity index (χ3n) is 2.98. The van der Waals surface area contributed by atoms with Crippen LogP contribution in [0.3, 0.4) is 0 Å². The van der Waals surface area contributed by atoms with Gasteiger partial charge in [-0.15, -0.1) is 0 Å². The van der Waals surface area contributed by atoms with Gasteiger partial charge in [0.15, 0.2) is 0 Å². The summed E-state index contributed by atoms with van der Waals surface area (Å²) >= 11 is 0. The van der Waals surface area contributed by atoms with Gasteiger partial charge in [0.25, 0.3) is 0 Å². The number of carbonyl (C=O) groups is 1. The molecule has 3 heteroatoms. The molecule has 0 heterocycles. The molecule has 0 spiro atoms. The van der Waals surface area contributed by atoms with Crippen LogP contribution in [0.25, 0.3) is 0 Å². The van der Waals surface area contributed by atoms with E-state index in [2.05, 4.69) is 0 Å². The van der Waals surface area contributed by atoms with E-state index >= 15 is 0 Å². The van der Waals surface area contributed by atoms with Crippen molar-refractivity contribution in [3.8, 4) is 0 Å². The lowest BCUT2D eigenvalue weighted by molar-refractivity contribution is -0.137. The second-order valence-electron chi connectivity index (χ2n) is 4.14. The van der Waals surface area contributed by atoms with E-state index in [0.29, 0.717) is 6.42 Å². The van der Waals surface area contributed by atoms with Gasteiger partial charge in [-0.3, -0.25) is 4.79 Å². The fourth-order valence-electron chi connectivity index (χ4n) is 2.19. The van der Waals surface area contributed by atoms with Crippen LogP contribution >= 0.6 is 0 Å². The lowest BCUT2D eigenvalue weighted by Gasteiger charge is -2.20. The van der Waals surface area contributed by atoms with Crippen LogP contribution in [-0.2, 0) is 4.79 Å². The third kappa shape index (κ3) is 5.97. The van der Waals surface area contributed by atoms with Crippen molar-refractivity contribution in [2.24, 2.45) is 5.92 Å². The van der Waals surface area contributed by atoms with Gasteiger partial charge in [0.2, 0.25) is 0 Å². The molecule has 0 amide bonds. The molecule has 1 aliphatic carbocycles. The summed E-state index contributed by atoms with van der Waals surface area (Å²) < 4.78 is 0. The largest absolute Gasteiger partial charge is 0.481 e. The number of aliphatic carboxylic acids is 1. The second kappa shape index (κ2) is 7.80. The Morgan fingerprint density at radius 1 is 1.14 bits per heavy atom. The van der Waals surface area contributed by atoms with E-state index in [0.717, 1.165) is 18.8 Å². The summed E-state index contributed by atoms with van der Waals surface area (Å²) in [6.07, 6.45) is 10.5. The van der Waals surface area contributed by atoms with E-state index in [9.17, 15) is 4.79 Å². The highest BCUT2D eigenvalue weighted by atomic mass is 16.4. The number of rotatable bonds is 5. The Balaban J connectivity index is 0.00000169. The molecule has 0 aromatic carbocycles. The van der Waals surface area contributed by atoms with E-state index in [1.807, 2.05) is 0 Å². The molecule has 0 aliphatic heterocycles. The van der Waals surface area contributed by atoms with Crippen molar-refractivity contribution in [1.82, 2.24) is 6.15 Å². The van der Waals surface area contributed by atoms with E-state index in [4.69, 9.17) is 5.11 Å². The summed E-state index contributed by atoms with van der Waals surface area (Å²) in [5.74, 6) is 0.256. The third-order valence-corrected chi connectivity index (χ3v) is 2.98. The van der Waals surface area contributed by atoms with Gasteiger partial charge in [0.05, 0.1) is 0 Å². The highest BCUT2D eigenvalue weighted by Gasteiger charge is 2.12. The monoisotopic (exact) mass is 201 g/mol. The van der Waals surface area contributed by atoms with Crippen molar-refractivity contribution in [2.75, 3.05) is 0 Å². The first-order chi connectivity index (χ1) is 6.29. The quantitative estimate of drug-likeness (QED) is 0.670. The Bertz CT molecular complexity index is 153. The summed E-state index contributed by atoms with van der Waals surface area (Å²) in [5, 5.41) is 8.45. The number of carboxylic acids is 1. The highest BCUT2D eigenvalue weighted by Crippen LogP contribution is 2.27. The smallest absolute Gasteiger partial charge is 0.303 e. The zero-order valence-electron chi connectivity index (χ0n) is 9.00. The normalized spacial score (nSPS) is 17.4. The molecule has 0 bridgehead atoms. The van der Waals surface area contributed by atoms with Crippen LogP contribution < -0.4 is 6.15 Å². The SMILES string of the molecule is N.O=C(O)CCCCC1CCCCC1. The molecule has 1 aliphatic rings. The fraction of sp³-hybridized carbons (Fsp3) is 0.909. The number of hydrogen-bond acceptors (Lipinski definition) is 2. The Morgan fingerprint density at radius 3 is 2.36 bits per heavy atom. The van der Waals surface area contributed by atoms with Crippen molar-refractivity contribution >= 4 is 5.97 Å². The van der Waals surface area contributed by atoms with Crippen LogP contribution in [0.2, 0.25) is 0 Å². The average molecular weight is 201 g/mol. The van der Waals surface area contributed by atoms with Crippen LogP contribution in [0.1, 0.15) is 57.8 Å². The molecule has 0 atom stereocenters. The molecular weight excluding hydrogens is 178 g/mol. The van der Waals surface area contributed by atoms with E-state index in [1.165, 1.54) is 38.5 Å². The summed E-state index contributed by atoms with van der Waals surface area (Å²) in [4.78, 5) is 10.3. The second-order valence-corrected chi connectivity index (χ2v) is 4.14. The molecule has 84 valence electrons. The van der Waals surface area contributed by atoms with Crippen molar-refractivity contribution < 1.29 is 9.90 Å². The van der Waals surface area contributed by atoms with Crippen LogP contribution in [0, 0.1) is 5.92 Å². The van der Waals surface area contributed by atoms with Crippen molar-refractivity contribution in [1.29, 1.82) is 0 Å². The lowest BCUT2D eigenvalue weighted by Crippen LogP contribution is -2.06. The molecule has 4 N–H and O–H groups in total. The first kappa shape index (κ1) is 13.4. The maximum Gasteiger partial charge on any atom is 0.303 e. The van der Waals surface area contributed by atoms with Gasteiger partial charge >= 0.3 is 5.97 Å². The van der Waals surface area contributed by atoms with Crippen molar-refractivity contribution in [2.45, 2.75) is 57.8 Å². The Hall–Kier alpha value is -0.570. The van der Waals surface area contributed by atoms with Gasteiger partial charge in [-0.1, -0.05) is 44.9 Å². The maximum atomic E-state index is 10.3. The van der Waals surface area contributed by atoms with E-state index < -0.39 is 5.97 Å². The average Bonchev–Trinajstić information content (AvgIpc) is 2.14. The molecule has 3 nitrogen and oxygen atoms in total. The van der Waals surface area contributed by atoms with Gasteiger partial charge in [0.1, 0.15) is 0 Å². The Labute approximate surface area is 86.5 Å². The summed E-state index contributed by atoms with van der Waals surface area (Å²) in [6, 6.07) is 0. The van der Waals surface area contributed by atoms with Crippen molar-refractivity contribution in [3.63, 3.8) is 0 Å². The van der Waals surface area contributed by atoms with Gasteiger partial charge in [-0.25, -0.2) is 0 Å². The molecule has 0 saturated heterocycles. The molecular formula is C11H23NO2.